The number of nitrogens with two attached hydrogens (primary N) is 1. The van der Waals surface area contributed by atoms with E-state index in [1.54, 1.807) is 24.3 Å². The van der Waals surface area contributed by atoms with Gasteiger partial charge in [0.15, 0.2) is 5.84 Å². The Hall–Kier alpha value is -1.83. The Morgan fingerprint density at radius 1 is 1.10 bits per heavy atom. The van der Waals surface area contributed by atoms with Crippen LogP contribution in [0.3, 0.4) is 0 Å². The minimum Gasteiger partial charge on any atom is -0.492 e. The van der Waals surface area contributed by atoms with E-state index in [1.165, 1.54) is 0 Å². The van der Waals surface area contributed by atoms with Gasteiger partial charge in [-0.1, -0.05) is 5.16 Å². The third-order valence-electron chi connectivity index (χ3n) is 2.77. The van der Waals surface area contributed by atoms with Gasteiger partial charge in [-0.25, -0.2) is 0 Å². The van der Waals surface area contributed by atoms with Gasteiger partial charge in [0.2, 0.25) is 0 Å². The van der Waals surface area contributed by atoms with Crippen molar-refractivity contribution in [3.05, 3.63) is 29.8 Å². The van der Waals surface area contributed by atoms with Crippen LogP contribution in [-0.2, 0) is 0 Å². The quantitative estimate of drug-likeness (QED) is 0.209. The number of nitrogens with zero attached hydrogens (tertiary/aromatic N) is 2. The van der Waals surface area contributed by atoms with Gasteiger partial charge in [-0.3, -0.25) is 4.90 Å². The highest BCUT2D eigenvalue weighted by atomic mass is 16.5. The molecule has 0 unspecified atom stereocenters. The lowest BCUT2D eigenvalue weighted by atomic mass is 10.2. The van der Waals surface area contributed by atoms with Crippen LogP contribution in [0.25, 0.3) is 0 Å². The molecule has 0 fully saturated rings. The molecule has 0 aliphatic rings. The predicted molar refractivity (Wildman–Crippen MR) is 75.1 cm³/mol. The molecule has 20 heavy (non-hydrogen) atoms. The maximum atomic E-state index is 8.88. The molecule has 7 nitrogen and oxygen atoms in total. The topological polar surface area (TPSA) is 112 Å². The van der Waals surface area contributed by atoms with E-state index in [9.17, 15) is 0 Å². The molecule has 1 aromatic carbocycles. The van der Waals surface area contributed by atoms with E-state index in [1.807, 2.05) is 4.90 Å². The molecule has 0 amide bonds. The molecule has 7 heteroatoms. The van der Waals surface area contributed by atoms with Gasteiger partial charge in [0.25, 0.3) is 0 Å². The third kappa shape index (κ3) is 5.43. The van der Waals surface area contributed by atoms with Gasteiger partial charge in [-0.15, -0.1) is 0 Å². The van der Waals surface area contributed by atoms with E-state index in [-0.39, 0.29) is 19.0 Å². The largest absolute Gasteiger partial charge is 0.492 e. The van der Waals surface area contributed by atoms with Gasteiger partial charge in [-0.05, 0) is 24.3 Å². The SMILES string of the molecule is N/C(=N/O)c1ccc(OCCN(CCO)CCO)cc1. The van der Waals surface area contributed by atoms with E-state index in [4.69, 9.17) is 25.9 Å². The summed E-state index contributed by atoms with van der Waals surface area (Å²) in [7, 11) is 0. The molecule has 1 aromatic rings. The number of amidine groups is 1. The first-order valence-electron chi connectivity index (χ1n) is 6.36. The molecular weight excluding hydrogens is 262 g/mol. The molecular formula is C13H21N3O4. The highest BCUT2D eigenvalue weighted by Crippen LogP contribution is 2.12. The van der Waals surface area contributed by atoms with Crippen LogP contribution < -0.4 is 10.5 Å². The molecule has 0 radical (unpaired) electrons. The normalized spacial score (nSPS) is 11.8. The second-order valence-electron chi connectivity index (χ2n) is 4.15. The third-order valence-corrected chi connectivity index (χ3v) is 2.77. The average molecular weight is 283 g/mol. The summed E-state index contributed by atoms with van der Waals surface area (Å²) in [5, 5.41) is 29.2. The van der Waals surface area contributed by atoms with E-state index < -0.39 is 0 Å². The minimum atomic E-state index is 0.0496. The number of hydrogen-bond acceptors (Lipinski definition) is 6. The monoisotopic (exact) mass is 283 g/mol. The van der Waals surface area contributed by atoms with Crippen LogP contribution in [0.15, 0.2) is 29.4 Å². The molecule has 112 valence electrons. The fraction of sp³-hybridized carbons (Fsp3) is 0.462. The molecule has 5 N–H and O–H groups in total. The number of hydrogen-bond donors (Lipinski definition) is 4. The number of aliphatic hydroxyl groups excluding tert-OH is 2. The van der Waals surface area contributed by atoms with E-state index in [2.05, 4.69) is 5.16 Å². The number of oxime groups is 1. The standard InChI is InChI=1S/C13H21N3O4/c14-13(15-19)11-1-3-12(4-2-11)20-10-7-16(5-8-17)6-9-18/h1-4,17-19H,5-10H2,(H2,14,15). The van der Waals surface area contributed by atoms with Crippen molar-refractivity contribution in [2.45, 2.75) is 0 Å². The van der Waals surface area contributed by atoms with Crippen LogP contribution in [0, 0.1) is 0 Å². The zero-order valence-corrected chi connectivity index (χ0v) is 11.3. The zero-order chi connectivity index (χ0) is 14.8. The number of rotatable bonds is 9. The number of aliphatic hydroxyl groups is 2. The van der Waals surface area contributed by atoms with Crippen LogP contribution in [-0.4, -0.2) is 65.6 Å². The van der Waals surface area contributed by atoms with Crippen LogP contribution in [0.1, 0.15) is 5.56 Å². The smallest absolute Gasteiger partial charge is 0.170 e. The summed E-state index contributed by atoms with van der Waals surface area (Å²) in [5.41, 5.74) is 6.07. The second-order valence-corrected chi connectivity index (χ2v) is 4.15. The van der Waals surface area contributed by atoms with E-state index in [0.717, 1.165) is 0 Å². The van der Waals surface area contributed by atoms with Crippen molar-refractivity contribution < 1.29 is 20.2 Å². The molecule has 0 heterocycles. The summed E-state index contributed by atoms with van der Waals surface area (Å²) in [4.78, 5) is 1.91. The first-order valence-corrected chi connectivity index (χ1v) is 6.36. The van der Waals surface area contributed by atoms with Crippen LogP contribution >= 0.6 is 0 Å². The van der Waals surface area contributed by atoms with Gasteiger partial charge in [0.05, 0.1) is 13.2 Å². The Balaban J connectivity index is 2.41. The Labute approximate surface area is 117 Å². The Bertz CT molecular complexity index is 403. The van der Waals surface area contributed by atoms with Gasteiger partial charge in [-0.2, -0.15) is 0 Å². The highest BCUT2D eigenvalue weighted by molar-refractivity contribution is 5.97. The van der Waals surface area contributed by atoms with Crippen molar-refractivity contribution in [2.75, 3.05) is 39.5 Å². The molecule has 1 rings (SSSR count). The molecule has 0 atom stereocenters. The highest BCUT2D eigenvalue weighted by Gasteiger charge is 2.04. The second kappa shape index (κ2) is 9.13. The van der Waals surface area contributed by atoms with Gasteiger partial charge < -0.3 is 25.9 Å². The molecule has 0 aliphatic carbocycles. The molecule has 0 bridgehead atoms. The van der Waals surface area contributed by atoms with Crippen molar-refractivity contribution in [1.82, 2.24) is 4.90 Å². The maximum Gasteiger partial charge on any atom is 0.170 e. The fourth-order valence-electron chi connectivity index (χ4n) is 1.69. The Kier molecular flexibility index (Phi) is 7.41. The Morgan fingerprint density at radius 2 is 1.70 bits per heavy atom. The average Bonchev–Trinajstić information content (AvgIpc) is 2.47. The number of ether oxygens (including phenoxy) is 1. The lowest BCUT2D eigenvalue weighted by molar-refractivity contribution is 0.141. The number of benzene rings is 1. The van der Waals surface area contributed by atoms with Crippen molar-refractivity contribution in [3.8, 4) is 5.75 Å². The van der Waals surface area contributed by atoms with Gasteiger partial charge in [0.1, 0.15) is 12.4 Å². The van der Waals surface area contributed by atoms with Gasteiger partial charge >= 0.3 is 0 Å². The van der Waals surface area contributed by atoms with Crippen molar-refractivity contribution >= 4 is 5.84 Å². The molecule has 0 aliphatic heterocycles. The van der Waals surface area contributed by atoms with Crippen LogP contribution in [0.2, 0.25) is 0 Å². The predicted octanol–water partition coefficient (Wildman–Crippen LogP) is -0.554. The summed E-state index contributed by atoms with van der Waals surface area (Å²) in [5.74, 6) is 0.723. The maximum absolute atomic E-state index is 8.88. The fourth-order valence-corrected chi connectivity index (χ4v) is 1.69. The first-order chi connectivity index (χ1) is 9.71. The van der Waals surface area contributed by atoms with E-state index in [0.29, 0.717) is 37.6 Å². The van der Waals surface area contributed by atoms with Crippen molar-refractivity contribution in [1.29, 1.82) is 0 Å². The lowest BCUT2D eigenvalue weighted by Crippen LogP contribution is -2.33. The Morgan fingerprint density at radius 3 is 2.20 bits per heavy atom. The van der Waals surface area contributed by atoms with Gasteiger partial charge in [0, 0.05) is 25.2 Å². The molecule has 0 spiro atoms. The molecule has 0 saturated carbocycles. The summed E-state index contributed by atoms with van der Waals surface area (Å²) >= 11 is 0. The summed E-state index contributed by atoms with van der Waals surface area (Å²) < 4.78 is 5.55. The summed E-state index contributed by atoms with van der Waals surface area (Å²) in [6, 6.07) is 6.86. The first kappa shape index (κ1) is 16.2. The minimum absolute atomic E-state index is 0.0496. The van der Waals surface area contributed by atoms with Crippen LogP contribution in [0.5, 0.6) is 5.75 Å². The van der Waals surface area contributed by atoms with Crippen LogP contribution in [0.4, 0.5) is 0 Å². The van der Waals surface area contributed by atoms with E-state index >= 15 is 0 Å². The zero-order valence-electron chi connectivity index (χ0n) is 11.3. The molecule has 0 saturated heterocycles. The van der Waals surface area contributed by atoms with Crippen molar-refractivity contribution in [2.24, 2.45) is 10.9 Å². The lowest BCUT2D eigenvalue weighted by Gasteiger charge is -2.20. The van der Waals surface area contributed by atoms with Crippen molar-refractivity contribution in [3.63, 3.8) is 0 Å². The summed E-state index contributed by atoms with van der Waals surface area (Å²) in [6.45, 7) is 2.17. The molecule has 0 aromatic heterocycles. The summed E-state index contributed by atoms with van der Waals surface area (Å²) in [6.07, 6.45) is 0.